The lowest BCUT2D eigenvalue weighted by atomic mass is 10.3. The summed E-state index contributed by atoms with van der Waals surface area (Å²) in [6.07, 6.45) is 3.18. The number of rotatable bonds is 6. The van der Waals surface area contributed by atoms with Crippen LogP contribution in [0.25, 0.3) is 0 Å². The van der Waals surface area contributed by atoms with Gasteiger partial charge in [-0.15, -0.1) is 0 Å². The SMILES string of the molecule is CCCCCOOP(O)Cl. The maximum absolute atomic E-state index is 8.39. The Kier molecular flexibility index (Phi) is 8.17. The van der Waals surface area contributed by atoms with Crippen LogP contribution < -0.4 is 0 Å². The summed E-state index contributed by atoms with van der Waals surface area (Å²) in [7, 11) is -1.87. The van der Waals surface area contributed by atoms with Gasteiger partial charge in [0.05, 0.1) is 6.61 Å². The van der Waals surface area contributed by atoms with Crippen molar-refractivity contribution < 1.29 is 14.5 Å². The molecule has 0 aliphatic carbocycles. The molecule has 0 aromatic rings. The Morgan fingerprint density at radius 2 is 2.20 bits per heavy atom. The lowest BCUT2D eigenvalue weighted by Gasteiger charge is -2.01. The highest BCUT2D eigenvalue weighted by Crippen LogP contribution is 2.36. The van der Waals surface area contributed by atoms with E-state index in [2.05, 4.69) is 16.5 Å². The molecule has 0 fully saturated rings. The second-order valence-electron chi connectivity index (χ2n) is 1.83. The molecule has 1 N–H and O–H groups in total. The van der Waals surface area contributed by atoms with E-state index < -0.39 is 7.73 Å². The highest BCUT2D eigenvalue weighted by molar-refractivity contribution is 7.75. The quantitative estimate of drug-likeness (QED) is 0.300. The predicted octanol–water partition coefficient (Wildman–Crippen LogP) is 2.58. The largest absolute Gasteiger partial charge is 0.336 e. The minimum Gasteiger partial charge on any atom is -0.336 e. The molecule has 0 heterocycles. The zero-order chi connectivity index (χ0) is 7.82. The summed E-state index contributed by atoms with van der Waals surface area (Å²) in [5.41, 5.74) is 0. The van der Waals surface area contributed by atoms with Gasteiger partial charge in [-0.3, -0.25) is 0 Å². The summed E-state index contributed by atoms with van der Waals surface area (Å²) < 4.78 is 4.27. The number of halogens is 1. The second kappa shape index (κ2) is 7.70. The zero-order valence-electron chi connectivity index (χ0n) is 5.92. The molecule has 0 saturated carbocycles. The van der Waals surface area contributed by atoms with Gasteiger partial charge in [-0.05, 0) is 17.7 Å². The summed E-state index contributed by atoms with van der Waals surface area (Å²) in [5, 5.41) is 0. The van der Waals surface area contributed by atoms with E-state index in [1.807, 2.05) is 0 Å². The van der Waals surface area contributed by atoms with Crippen molar-refractivity contribution in [2.45, 2.75) is 26.2 Å². The van der Waals surface area contributed by atoms with E-state index in [9.17, 15) is 0 Å². The molecule has 1 unspecified atom stereocenters. The van der Waals surface area contributed by atoms with Gasteiger partial charge < -0.3 is 4.89 Å². The Labute approximate surface area is 66.9 Å². The highest BCUT2D eigenvalue weighted by atomic mass is 35.7. The normalized spacial score (nSPS) is 13.5. The molecule has 62 valence electrons. The van der Waals surface area contributed by atoms with Gasteiger partial charge in [0.2, 0.25) is 0 Å². The summed E-state index contributed by atoms with van der Waals surface area (Å²) >= 11 is 5.06. The third kappa shape index (κ3) is 8.60. The molecule has 0 spiro atoms. The third-order valence-electron chi connectivity index (χ3n) is 0.945. The molecule has 0 aromatic heterocycles. The fourth-order valence-corrected chi connectivity index (χ4v) is 0.773. The fraction of sp³-hybridized carbons (Fsp3) is 1.00. The standard InChI is InChI=1S/C5H12ClO3P/c1-2-3-4-5-8-9-10(6)7/h7H,2-5H2,1H3. The summed E-state index contributed by atoms with van der Waals surface area (Å²) in [5.74, 6) is 0. The van der Waals surface area contributed by atoms with E-state index in [4.69, 9.17) is 16.1 Å². The number of hydrogen-bond donors (Lipinski definition) is 1. The van der Waals surface area contributed by atoms with Gasteiger partial charge in [0.1, 0.15) is 0 Å². The second-order valence-corrected chi connectivity index (χ2v) is 3.30. The topological polar surface area (TPSA) is 38.7 Å². The average molecular weight is 187 g/mol. The van der Waals surface area contributed by atoms with E-state index in [-0.39, 0.29) is 0 Å². The lowest BCUT2D eigenvalue weighted by Crippen LogP contribution is -1.90. The Bertz CT molecular complexity index is 71.9. The smallest absolute Gasteiger partial charge is 0.307 e. The molecule has 3 nitrogen and oxygen atoms in total. The summed E-state index contributed by atoms with van der Waals surface area (Å²) in [6.45, 7) is 2.60. The lowest BCUT2D eigenvalue weighted by molar-refractivity contribution is -0.203. The molecule has 1 atom stereocenters. The molecule has 0 aromatic carbocycles. The Hall–Kier alpha value is 0.600. The van der Waals surface area contributed by atoms with Gasteiger partial charge in [0.25, 0.3) is 0 Å². The fourth-order valence-electron chi connectivity index (χ4n) is 0.492. The van der Waals surface area contributed by atoms with Crippen LogP contribution >= 0.6 is 19.0 Å². The molecule has 0 aliphatic heterocycles. The Balaban J connectivity index is 2.77. The number of hydrogen-bond acceptors (Lipinski definition) is 3. The van der Waals surface area contributed by atoms with Crippen molar-refractivity contribution in [3.05, 3.63) is 0 Å². The molecule has 0 radical (unpaired) electrons. The molecule has 0 rings (SSSR count). The van der Waals surface area contributed by atoms with Gasteiger partial charge >= 0.3 is 7.73 Å². The van der Waals surface area contributed by atoms with E-state index in [1.165, 1.54) is 0 Å². The van der Waals surface area contributed by atoms with Gasteiger partial charge in [-0.25, -0.2) is 4.89 Å². The van der Waals surface area contributed by atoms with Crippen molar-refractivity contribution in [2.75, 3.05) is 6.61 Å². The average Bonchev–Trinajstić information content (AvgIpc) is 1.87. The first-order valence-electron chi connectivity index (χ1n) is 3.21. The molecule has 10 heavy (non-hydrogen) atoms. The van der Waals surface area contributed by atoms with Crippen molar-refractivity contribution in [2.24, 2.45) is 0 Å². The summed E-state index contributed by atoms with van der Waals surface area (Å²) in [6, 6.07) is 0. The van der Waals surface area contributed by atoms with Gasteiger partial charge in [-0.2, -0.15) is 4.67 Å². The minimum absolute atomic E-state index is 0.500. The van der Waals surface area contributed by atoms with Crippen LogP contribution in [0.4, 0.5) is 0 Å². The maximum atomic E-state index is 8.39. The van der Waals surface area contributed by atoms with Crippen LogP contribution in [-0.2, 0) is 9.56 Å². The van der Waals surface area contributed by atoms with Crippen LogP contribution in [0.1, 0.15) is 26.2 Å². The summed E-state index contributed by atoms with van der Waals surface area (Å²) in [4.78, 5) is 12.9. The van der Waals surface area contributed by atoms with Crippen LogP contribution in [0.3, 0.4) is 0 Å². The first-order chi connectivity index (χ1) is 4.77. The molecule has 0 bridgehead atoms. The first-order valence-corrected chi connectivity index (χ1v) is 5.33. The van der Waals surface area contributed by atoms with E-state index >= 15 is 0 Å². The van der Waals surface area contributed by atoms with Crippen LogP contribution in [0.15, 0.2) is 0 Å². The number of unbranched alkanes of at least 4 members (excludes halogenated alkanes) is 2. The molecular formula is C5H12ClO3P. The molecule has 0 saturated heterocycles. The monoisotopic (exact) mass is 186 g/mol. The predicted molar refractivity (Wildman–Crippen MR) is 41.6 cm³/mol. The Morgan fingerprint density at radius 1 is 1.50 bits per heavy atom. The highest BCUT2D eigenvalue weighted by Gasteiger charge is 1.98. The minimum atomic E-state index is -1.87. The molecular weight excluding hydrogens is 174 g/mol. The van der Waals surface area contributed by atoms with E-state index in [0.717, 1.165) is 19.3 Å². The van der Waals surface area contributed by atoms with Crippen LogP contribution in [-0.4, -0.2) is 11.5 Å². The third-order valence-corrected chi connectivity index (χ3v) is 1.34. The van der Waals surface area contributed by atoms with Gasteiger partial charge in [0, 0.05) is 0 Å². The Morgan fingerprint density at radius 3 is 2.70 bits per heavy atom. The van der Waals surface area contributed by atoms with Crippen molar-refractivity contribution in [1.82, 2.24) is 0 Å². The van der Waals surface area contributed by atoms with E-state index in [1.54, 1.807) is 0 Å². The van der Waals surface area contributed by atoms with Gasteiger partial charge in [-0.1, -0.05) is 19.8 Å². The molecule has 0 amide bonds. The van der Waals surface area contributed by atoms with Crippen molar-refractivity contribution in [3.8, 4) is 0 Å². The van der Waals surface area contributed by atoms with Crippen molar-refractivity contribution in [1.29, 1.82) is 0 Å². The maximum Gasteiger partial charge on any atom is 0.307 e. The zero-order valence-corrected chi connectivity index (χ0v) is 7.57. The van der Waals surface area contributed by atoms with Crippen LogP contribution in [0.5, 0.6) is 0 Å². The van der Waals surface area contributed by atoms with Crippen molar-refractivity contribution in [3.63, 3.8) is 0 Å². The first kappa shape index (κ1) is 10.6. The molecule has 5 heteroatoms. The van der Waals surface area contributed by atoms with Crippen LogP contribution in [0, 0.1) is 0 Å². The van der Waals surface area contributed by atoms with Crippen molar-refractivity contribution >= 4 is 19.0 Å². The van der Waals surface area contributed by atoms with Gasteiger partial charge in [0.15, 0.2) is 0 Å². The van der Waals surface area contributed by atoms with Crippen LogP contribution in [0.2, 0.25) is 0 Å². The van der Waals surface area contributed by atoms with E-state index in [0.29, 0.717) is 6.61 Å². The molecule has 0 aliphatic rings.